The van der Waals surface area contributed by atoms with Crippen molar-refractivity contribution in [3.8, 4) is 17.2 Å². The van der Waals surface area contributed by atoms with E-state index < -0.39 is 0 Å². The molecule has 0 fully saturated rings. The third-order valence-electron chi connectivity index (χ3n) is 3.73. The normalized spacial score (nSPS) is 11.2. The minimum atomic E-state index is 0.448. The van der Waals surface area contributed by atoms with E-state index in [-0.39, 0.29) is 0 Å². The number of hydrogen-bond donors (Lipinski definition) is 2. The molecule has 0 bridgehead atoms. The zero-order valence-electron chi connectivity index (χ0n) is 17.1. The number of rotatable bonds is 13. The van der Waals surface area contributed by atoms with E-state index in [0.29, 0.717) is 43.6 Å². The average molecular weight is 383 g/mol. The molecule has 0 spiro atoms. The Labute approximate surface area is 162 Å². The van der Waals surface area contributed by atoms with Gasteiger partial charge in [-0.1, -0.05) is 0 Å². The van der Waals surface area contributed by atoms with E-state index in [4.69, 9.17) is 23.7 Å². The van der Waals surface area contributed by atoms with Crippen molar-refractivity contribution in [2.75, 3.05) is 61.3 Å². The first-order valence-electron chi connectivity index (χ1n) is 9.07. The van der Waals surface area contributed by atoms with Gasteiger partial charge in [0.05, 0.1) is 41.1 Å². The second-order valence-corrected chi connectivity index (χ2v) is 5.60. The van der Waals surface area contributed by atoms with Crippen LogP contribution >= 0.6 is 0 Å². The summed E-state index contributed by atoms with van der Waals surface area (Å²) in [6, 6.07) is 3.69. The Hall–Kier alpha value is -2.19. The smallest absolute Gasteiger partial charge is 0.191 e. The second kappa shape index (κ2) is 13.9. The van der Waals surface area contributed by atoms with Crippen molar-refractivity contribution in [1.82, 2.24) is 10.6 Å². The van der Waals surface area contributed by atoms with Crippen LogP contribution in [0.2, 0.25) is 0 Å². The van der Waals surface area contributed by atoms with Crippen LogP contribution in [0, 0.1) is 0 Å². The molecule has 0 aliphatic heterocycles. The van der Waals surface area contributed by atoms with Gasteiger partial charge in [-0.25, -0.2) is 4.99 Å². The molecule has 27 heavy (non-hydrogen) atoms. The lowest BCUT2D eigenvalue weighted by Gasteiger charge is -2.14. The van der Waals surface area contributed by atoms with Gasteiger partial charge in [0.15, 0.2) is 17.5 Å². The molecule has 154 valence electrons. The lowest BCUT2D eigenvalue weighted by Crippen LogP contribution is -2.38. The zero-order valence-corrected chi connectivity index (χ0v) is 17.1. The van der Waals surface area contributed by atoms with Gasteiger partial charge < -0.3 is 34.3 Å². The van der Waals surface area contributed by atoms with Gasteiger partial charge >= 0.3 is 0 Å². The molecule has 8 nitrogen and oxygen atoms in total. The Morgan fingerprint density at radius 3 is 2.22 bits per heavy atom. The molecule has 0 aliphatic rings. The van der Waals surface area contributed by atoms with Crippen LogP contribution in [0.25, 0.3) is 0 Å². The summed E-state index contributed by atoms with van der Waals surface area (Å²) in [5.41, 5.74) is 0.912. The van der Waals surface area contributed by atoms with Crippen LogP contribution in [0.1, 0.15) is 18.9 Å². The number of hydrogen-bond acceptors (Lipinski definition) is 6. The molecule has 0 aromatic heterocycles. The third-order valence-corrected chi connectivity index (χ3v) is 3.73. The minimum absolute atomic E-state index is 0.448. The summed E-state index contributed by atoms with van der Waals surface area (Å²) >= 11 is 0. The van der Waals surface area contributed by atoms with Crippen molar-refractivity contribution >= 4 is 5.96 Å². The third kappa shape index (κ3) is 8.36. The predicted molar refractivity (Wildman–Crippen MR) is 106 cm³/mol. The van der Waals surface area contributed by atoms with Crippen LogP contribution < -0.4 is 24.8 Å². The highest BCUT2D eigenvalue weighted by molar-refractivity contribution is 5.79. The Kier molecular flexibility index (Phi) is 11.8. The summed E-state index contributed by atoms with van der Waals surface area (Å²) in [5.74, 6) is 2.72. The highest BCUT2D eigenvalue weighted by Gasteiger charge is 2.11. The summed E-state index contributed by atoms with van der Waals surface area (Å²) in [6.45, 7) is 5.93. The molecular formula is C19H33N3O5. The van der Waals surface area contributed by atoms with E-state index in [0.717, 1.165) is 31.0 Å². The standard InChI is InChI=1S/C19H33N3O5/c1-6-20-19(21-8-7-9-27-11-10-23-2)22-14-15-12-17(25-4)18(26-5)13-16(15)24-3/h12-13H,6-11,14H2,1-5H3,(H2,20,21,22). The predicted octanol–water partition coefficient (Wildman–Crippen LogP) is 1.82. The molecule has 1 rings (SSSR count). The van der Waals surface area contributed by atoms with Gasteiger partial charge in [0.1, 0.15) is 5.75 Å². The zero-order chi connectivity index (χ0) is 19.9. The van der Waals surface area contributed by atoms with Gasteiger partial charge in [-0.2, -0.15) is 0 Å². The molecule has 2 N–H and O–H groups in total. The molecule has 8 heteroatoms. The average Bonchev–Trinajstić information content (AvgIpc) is 2.70. The fraction of sp³-hybridized carbons (Fsp3) is 0.632. The van der Waals surface area contributed by atoms with Crippen LogP contribution in [0.4, 0.5) is 0 Å². The SMILES string of the molecule is CCNC(=NCc1cc(OC)c(OC)cc1OC)NCCCOCCOC. The number of guanidine groups is 1. The number of methoxy groups -OCH3 is 4. The first kappa shape index (κ1) is 22.9. The molecule has 1 aromatic carbocycles. The van der Waals surface area contributed by atoms with Crippen molar-refractivity contribution in [3.63, 3.8) is 0 Å². The number of nitrogens with one attached hydrogen (secondary N) is 2. The van der Waals surface area contributed by atoms with Crippen LogP contribution in [0.15, 0.2) is 17.1 Å². The molecule has 0 saturated carbocycles. The molecule has 0 unspecified atom stereocenters. The fourth-order valence-electron chi connectivity index (χ4n) is 2.35. The summed E-state index contributed by atoms with van der Waals surface area (Å²) in [6.07, 6.45) is 0.883. The number of ether oxygens (including phenoxy) is 5. The Balaban J connectivity index is 2.66. The van der Waals surface area contributed by atoms with Crippen LogP contribution in [0.3, 0.4) is 0 Å². The molecule has 0 aliphatic carbocycles. The van der Waals surface area contributed by atoms with Gasteiger partial charge in [-0.05, 0) is 19.4 Å². The van der Waals surface area contributed by atoms with E-state index >= 15 is 0 Å². The Bertz CT molecular complexity index is 567. The first-order chi connectivity index (χ1) is 13.2. The van der Waals surface area contributed by atoms with Gasteiger partial charge in [0, 0.05) is 38.4 Å². The maximum Gasteiger partial charge on any atom is 0.191 e. The molecule has 0 heterocycles. The maximum atomic E-state index is 5.46. The quantitative estimate of drug-likeness (QED) is 0.305. The molecular weight excluding hydrogens is 350 g/mol. The fourth-order valence-corrected chi connectivity index (χ4v) is 2.35. The number of benzene rings is 1. The van der Waals surface area contributed by atoms with Crippen molar-refractivity contribution in [2.24, 2.45) is 4.99 Å². The lowest BCUT2D eigenvalue weighted by atomic mass is 10.1. The van der Waals surface area contributed by atoms with Gasteiger partial charge in [0.25, 0.3) is 0 Å². The lowest BCUT2D eigenvalue weighted by molar-refractivity contribution is 0.0698. The topological polar surface area (TPSA) is 82.6 Å². The number of aliphatic imine (C=N–C) groups is 1. The minimum Gasteiger partial charge on any atom is -0.496 e. The van der Waals surface area contributed by atoms with E-state index in [9.17, 15) is 0 Å². The van der Waals surface area contributed by atoms with Gasteiger partial charge in [0.2, 0.25) is 0 Å². The summed E-state index contributed by atoms with van der Waals surface area (Å²) in [4.78, 5) is 4.63. The summed E-state index contributed by atoms with van der Waals surface area (Å²) in [5, 5.41) is 6.54. The van der Waals surface area contributed by atoms with Crippen molar-refractivity contribution in [3.05, 3.63) is 17.7 Å². The molecule has 0 saturated heterocycles. The van der Waals surface area contributed by atoms with Crippen LogP contribution in [-0.2, 0) is 16.0 Å². The van der Waals surface area contributed by atoms with Crippen molar-refractivity contribution in [1.29, 1.82) is 0 Å². The summed E-state index contributed by atoms with van der Waals surface area (Å²) < 4.78 is 26.5. The highest BCUT2D eigenvalue weighted by Crippen LogP contribution is 2.34. The van der Waals surface area contributed by atoms with E-state index in [1.54, 1.807) is 34.5 Å². The van der Waals surface area contributed by atoms with Crippen LogP contribution in [-0.4, -0.2) is 67.3 Å². The maximum absolute atomic E-state index is 5.46. The van der Waals surface area contributed by atoms with E-state index in [2.05, 4.69) is 15.6 Å². The van der Waals surface area contributed by atoms with Crippen molar-refractivity contribution < 1.29 is 23.7 Å². The highest BCUT2D eigenvalue weighted by atomic mass is 16.5. The largest absolute Gasteiger partial charge is 0.496 e. The molecule has 0 radical (unpaired) electrons. The van der Waals surface area contributed by atoms with Gasteiger partial charge in [-0.15, -0.1) is 0 Å². The number of nitrogens with zero attached hydrogens (tertiary/aromatic N) is 1. The van der Waals surface area contributed by atoms with E-state index in [1.807, 2.05) is 13.0 Å². The van der Waals surface area contributed by atoms with Gasteiger partial charge in [-0.3, -0.25) is 0 Å². The Morgan fingerprint density at radius 1 is 0.889 bits per heavy atom. The molecule has 0 atom stereocenters. The summed E-state index contributed by atoms with van der Waals surface area (Å²) in [7, 11) is 6.50. The van der Waals surface area contributed by atoms with E-state index in [1.165, 1.54) is 0 Å². The second-order valence-electron chi connectivity index (χ2n) is 5.60. The monoisotopic (exact) mass is 383 g/mol. The Morgan fingerprint density at radius 2 is 1.59 bits per heavy atom. The molecule has 1 aromatic rings. The van der Waals surface area contributed by atoms with Crippen LogP contribution in [0.5, 0.6) is 17.2 Å². The first-order valence-corrected chi connectivity index (χ1v) is 9.07. The van der Waals surface area contributed by atoms with Crippen molar-refractivity contribution in [2.45, 2.75) is 19.9 Å². The molecule has 0 amide bonds.